The second kappa shape index (κ2) is 4.61. The molecule has 0 amide bonds. The van der Waals surface area contributed by atoms with Crippen molar-refractivity contribution in [3.05, 3.63) is 29.3 Å². The van der Waals surface area contributed by atoms with E-state index in [1.807, 2.05) is 0 Å². The van der Waals surface area contributed by atoms with Crippen molar-refractivity contribution in [2.75, 3.05) is 19.1 Å². The van der Waals surface area contributed by atoms with Gasteiger partial charge in [-0.25, -0.2) is 13.2 Å². The molecule has 0 unspecified atom stereocenters. The second-order valence-electron chi connectivity index (χ2n) is 4.58. The first-order valence-electron chi connectivity index (χ1n) is 5.29. The van der Waals surface area contributed by atoms with Crippen molar-refractivity contribution in [1.82, 2.24) is 0 Å². The average Bonchev–Trinajstić information content (AvgIpc) is 2.26. The molecule has 0 spiro atoms. The molecule has 0 fully saturated rings. The predicted octanol–water partition coefficient (Wildman–Crippen LogP) is 1.34. The summed E-state index contributed by atoms with van der Waals surface area (Å²) in [5.41, 5.74) is 6.71. The number of carbonyl (C=O) groups excluding carboxylic acids is 1. The van der Waals surface area contributed by atoms with Gasteiger partial charge in [0.2, 0.25) is 0 Å². The summed E-state index contributed by atoms with van der Waals surface area (Å²) in [7, 11) is -2.02. The van der Waals surface area contributed by atoms with Gasteiger partial charge >= 0.3 is 5.97 Å². The Morgan fingerprint density at radius 1 is 1.33 bits per heavy atom. The number of esters is 1. The van der Waals surface area contributed by atoms with Gasteiger partial charge in [-0.2, -0.15) is 0 Å². The first-order valence-corrected chi connectivity index (χ1v) is 7.18. The van der Waals surface area contributed by atoms with Gasteiger partial charge < -0.3 is 10.5 Å². The standard InChI is InChI=1S/C12H17NO4S/c1-12(2,18(4,15)16)8-5-6-9(10(13)7-8)11(14)17-3/h5-7H,13H2,1-4H3. The number of carbonyl (C=O) groups is 1. The van der Waals surface area contributed by atoms with Crippen molar-refractivity contribution in [3.63, 3.8) is 0 Å². The fourth-order valence-electron chi connectivity index (χ4n) is 1.45. The predicted molar refractivity (Wildman–Crippen MR) is 70.1 cm³/mol. The molecule has 0 bridgehead atoms. The Hall–Kier alpha value is -1.56. The van der Waals surface area contributed by atoms with Crippen molar-refractivity contribution >= 4 is 21.5 Å². The molecule has 0 saturated carbocycles. The Morgan fingerprint density at radius 2 is 1.89 bits per heavy atom. The van der Waals surface area contributed by atoms with Gasteiger partial charge in [0, 0.05) is 11.9 Å². The monoisotopic (exact) mass is 271 g/mol. The molecular formula is C12H17NO4S. The lowest BCUT2D eigenvalue weighted by Crippen LogP contribution is -2.28. The number of nitrogens with two attached hydrogens (primary N) is 1. The Kier molecular flexibility index (Phi) is 3.71. The molecule has 5 nitrogen and oxygen atoms in total. The van der Waals surface area contributed by atoms with Crippen LogP contribution in [0.3, 0.4) is 0 Å². The fourth-order valence-corrected chi connectivity index (χ4v) is 2.00. The normalized spacial score (nSPS) is 12.2. The molecule has 0 radical (unpaired) electrons. The minimum absolute atomic E-state index is 0.205. The van der Waals surface area contributed by atoms with E-state index in [4.69, 9.17) is 5.73 Å². The number of benzene rings is 1. The molecule has 1 aromatic rings. The van der Waals surface area contributed by atoms with E-state index in [1.54, 1.807) is 19.9 Å². The Balaban J connectivity index is 3.33. The van der Waals surface area contributed by atoms with Gasteiger partial charge in [-0.05, 0) is 31.5 Å². The number of hydrogen-bond acceptors (Lipinski definition) is 5. The Labute approximate surface area is 107 Å². The van der Waals surface area contributed by atoms with E-state index in [1.165, 1.54) is 19.2 Å². The molecule has 6 heteroatoms. The zero-order chi connectivity index (χ0) is 14.1. The van der Waals surface area contributed by atoms with Crippen LogP contribution in [0, 0.1) is 0 Å². The molecular weight excluding hydrogens is 254 g/mol. The van der Waals surface area contributed by atoms with Crippen molar-refractivity contribution in [2.45, 2.75) is 18.6 Å². The highest BCUT2D eigenvalue weighted by Crippen LogP contribution is 2.31. The molecule has 0 atom stereocenters. The highest BCUT2D eigenvalue weighted by atomic mass is 32.2. The molecule has 1 aromatic carbocycles. The minimum atomic E-state index is -3.28. The largest absolute Gasteiger partial charge is 0.465 e. The molecule has 18 heavy (non-hydrogen) atoms. The van der Waals surface area contributed by atoms with Crippen molar-refractivity contribution in [2.24, 2.45) is 0 Å². The summed E-state index contributed by atoms with van der Waals surface area (Å²) >= 11 is 0. The van der Waals surface area contributed by atoms with Crippen molar-refractivity contribution in [1.29, 1.82) is 0 Å². The topological polar surface area (TPSA) is 86.5 Å². The molecule has 100 valence electrons. The highest BCUT2D eigenvalue weighted by molar-refractivity contribution is 7.91. The third kappa shape index (κ3) is 2.48. The maximum Gasteiger partial charge on any atom is 0.339 e. The number of methoxy groups -OCH3 is 1. The zero-order valence-corrected chi connectivity index (χ0v) is 11.7. The van der Waals surface area contributed by atoms with Crippen LogP contribution in [-0.2, 0) is 19.3 Å². The van der Waals surface area contributed by atoms with Gasteiger partial charge in [0.1, 0.15) is 0 Å². The molecule has 0 aromatic heterocycles. The molecule has 0 saturated heterocycles. The van der Waals surface area contributed by atoms with E-state index < -0.39 is 20.6 Å². The van der Waals surface area contributed by atoms with Crippen LogP contribution in [0.25, 0.3) is 0 Å². The van der Waals surface area contributed by atoms with Gasteiger partial charge in [0.15, 0.2) is 9.84 Å². The van der Waals surface area contributed by atoms with Gasteiger partial charge in [-0.3, -0.25) is 0 Å². The summed E-state index contributed by atoms with van der Waals surface area (Å²) in [4.78, 5) is 11.4. The number of anilines is 1. The minimum Gasteiger partial charge on any atom is -0.465 e. The summed E-state index contributed by atoms with van der Waals surface area (Å²) in [6.45, 7) is 3.18. The maximum absolute atomic E-state index is 11.7. The number of rotatable bonds is 3. The smallest absolute Gasteiger partial charge is 0.339 e. The van der Waals surface area contributed by atoms with E-state index in [0.29, 0.717) is 5.56 Å². The summed E-state index contributed by atoms with van der Waals surface area (Å²) in [5, 5.41) is 0. The van der Waals surface area contributed by atoms with Crippen molar-refractivity contribution < 1.29 is 17.9 Å². The summed E-state index contributed by atoms with van der Waals surface area (Å²) in [5.74, 6) is -0.545. The van der Waals surface area contributed by atoms with Crippen LogP contribution >= 0.6 is 0 Å². The van der Waals surface area contributed by atoms with Crippen LogP contribution in [0.15, 0.2) is 18.2 Å². The van der Waals surface area contributed by atoms with Crippen LogP contribution in [0.2, 0.25) is 0 Å². The summed E-state index contributed by atoms with van der Waals surface area (Å²) in [6, 6.07) is 4.54. The van der Waals surface area contributed by atoms with Crippen LogP contribution in [0.5, 0.6) is 0 Å². The number of sulfone groups is 1. The highest BCUT2D eigenvalue weighted by Gasteiger charge is 2.32. The molecule has 0 aliphatic rings. The lowest BCUT2D eigenvalue weighted by atomic mass is 9.99. The maximum atomic E-state index is 11.7. The first kappa shape index (κ1) is 14.5. The molecule has 0 aliphatic carbocycles. The number of hydrogen-bond donors (Lipinski definition) is 1. The van der Waals surface area contributed by atoms with E-state index in [2.05, 4.69) is 4.74 Å². The van der Waals surface area contributed by atoms with Crippen LogP contribution in [0.4, 0.5) is 5.69 Å². The van der Waals surface area contributed by atoms with Gasteiger partial charge in [-0.15, -0.1) is 0 Å². The van der Waals surface area contributed by atoms with Gasteiger partial charge in [0.05, 0.1) is 17.4 Å². The zero-order valence-electron chi connectivity index (χ0n) is 10.9. The molecule has 1 rings (SSSR count). The second-order valence-corrected chi connectivity index (χ2v) is 7.14. The molecule has 0 heterocycles. The first-order chi connectivity index (χ1) is 8.11. The Bertz CT molecular complexity index is 576. The van der Waals surface area contributed by atoms with E-state index in [0.717, 1.165) is 6.26 Å². The van der Waals surface area contributed by atoms with Crippen LogP contribution in [-0.4, -0.2) is 27.8 Å². The lowest BCUT2D eigenvalue weighted by Gasteiger charge is -2.23. The quantitative estimate of drug-likeness (QED) is 0.662. The molecule has 2 N–H and O–H groups in total. The summed E-state index contributed by atoms with van der Waals surface area (Å²) < 4.78 is 26.9. The Morgan fingerprint density at radius 3 is 2.28 bits per heavy atom. The third-order valence-corrected chi connectivity index (χ3v) is 5.17. The van der Waals surface area contributed by atoms with E-state index >= 15 is 0 Å². The van der Waals surface area contributed by atoms with Gasteiger partial charge in [0.25, 0.3) is 0 Å². The lowest BCUT2D eigenvalue weighted by molar-refractivity contribution is 0.0602. The van der Waals surface area contributed by atoms with E-state index in [-0.39, 0.29) is 11.3 Å². The number of ether oxygens (including phenoxy) is 1. The average molecular weight is 271 g/mol. The van der Waals surface area contributed by atoms with Gasteiger partial charge in [-0.1, -0.05) is 6.07 Å². The molecule has 0 aliphatic heterocycles. The van der Waals surface area contributed by atoms with Crippen molar-refractivity contribution in [3.8, 4) is 0 Å². The van der Waals surface area contributed by atoms with E-state index in [9.17, 15) is 13.2 Å². The third-order valence-electron chi connectivity index (χ3n) is 3.08. The van der Waals surface area contributed by atoms with Crippen LogP contribution < -0.4 is 5.73 Å². The SMILES string of the molecule is COC(=O)c1ccc(C(C)(C)S(C)(=O)=O)cc1N. The van der Waals surface area contributed by atoms with Crippen LogP contribution in [0.1, 0.15) is 29.8 Å². The summed E-state index contributed by atoms with van der Waals surface area (Å²) in [6.07, 6.45) is 1.16. The number of nitrogen functional groups attached to an aromatic ring is 1. The fraction of sp³-hybridized carbons (Fsp3) is 0.417.